The number of halogens is 1. The Balaban J connectivity index is 1.73. The third-order valence-corrected chi connectivity index (χ3v) is 4.93. The van der Waals surface area contributed by atoms with Gasteiger partial charge in [0.15, 0.2) is 0 Å². The predicted octanol–water partition coefficient (Wildman–Crippen LogP) is 3.28. The average Bonchev–Trinajstić information content (AvgIpc) is 2.54. The summed E-state index contributed by atoms with van der Waals surface area (Å²) in [6, 6.07) is 8.09. The fraction of sp³-hybridized carbons (Fsp3) is 0.529. The third kappa shape index (κ3) is 5.53. The van der Waals surface area contributed by atoms with E-state index < -0.39 is 5.97 Å². The molecule has 1 saturated carbocycles. The smallest absolute Gasteiger partial charge is 0.317 e. The Labute approximate surface area is 145 Å². The first-order valence-corrected chi connectivity index (χ1v) is 8.74. The summed E-state index contributed by atoms with van der Waals surface area (Å²) in [7, 11) is 1.79. The number of likely N-dealkylation sites (N-methyl/N-ethyl adjacent to an activating group) is 1. The number of carbonyl (C=O) groups excluding carboxylic acids is 1. The Morgan fingerprint density at radius 1 is 1.22 bits per heavy atom. The van der Waals surface area contributed by atoms with E-state index in [-0.39, 0.29) is 18.0 Å². The number of benzene rings is 1. The number of nitrogens with one attached hydrogen (secondary N) is 1. The molecule has 2 N–H and O–H groups in total. The van der Waals surface area contributed by atoms with Crippen molar-refractivity contribution in [3.05, 3.63) is 34.3 Å². The van der Waals surface area contributed by atoms with Crippen LogP contribution in [0.25, 0.3) is 0 Å². The molecule has 0 unspecified atom stereocenters. The molecule has 1 aromatic rings. The molecule has 1 aliphatic rings. The fourth-order valence-electron chi connectivity index (χ4n) is 2.82. The van der Waals surface area contributed by atoms with E-state index in [0.717, 1.165) is 23.7 Å². The minimum absolute atomic E-state index is 0.0825. The Bertz CT molecular complexity index is 539. The molecular formula is C17H23BrN2O3. The van der Waals surface area contributed by atoms with Gasteiger partial charge in [0, 0.05) is 24.1 Å². The van der Waals surface area contributed by atoms with Gasteiger partial charge in [0.05, 0.1) is 5.92 Å². The molecule has 1 aromatic carbocycles. The second-order valence-corrected chi connectivity index (χ2v) is 7.05. The molecule has 0 spiro atoms. The molecule has 126 valence electrons. The maximum absolute atomic E-state index is 12.2. The van der Waals surface area contributed by atoms with E-state index in [1.54, 1.807) is 11.9 Å². The summed E-state index contributed by atoms with van der Waals surface area (Å²) in [5.74, 6) is -0.973. The van der Waals surface area contributed by atoms with Crippen LogP contribution in [0.15, 0.2) is 28.7 Å². The zero-order valence-corrected chi connectivity index (χ0v) is 14.9. The maximum Gasteiger partial charge on any atom is 0.317 e. The number of carbonyl (C=O) groups is 2. The maximum atomic E-state index is 12.2. The summed E-state index contributed by atoms with van der Waals surface area (Å²) >= 11 is 3.41. The Morgan fingerprint density at radius 2 is 1.83 bits per heavy atom. The number of amides is 2. The van der Waals surface area contributed by atoms with Gasteiger partial charge in [0.2, 0.25) is 0 Å². The average molecular weight is 383 g/mol. The molecule has 2 amide bonds. The lowest BCUT2D eigenvalue weighted by Gasteiger charge is -2.28. The number of carboxylic acids is 1. The highest BCUT2D eigenvalue weighted by Crippen LogP contribution is 2.24. The van der Waals surface area contributed by atoms with Gasteiger partial charge in [-0.05, 0) is 49.8 Å². The molecule has 0 bridgehead atoms. The van der Waals surface area contributed by atoms with Crippen LogP contribution in [0.4, 0.5) is 4.79 Å². The van der Waals surface area contributed by atoms with E-state index in [4.69, 9.17) is 5.11 Å². The number of carboxylic acid groups (broad SMARTS) is 1. The van der Waals surface area contributed by atoms with Gasteiger partial charge in [-0.1, -0.05) is 28.1 Å². The van der Waals surface area contributed by atoms with Crippen molar-refractivity contribution in [3.8, 4) is 0 Å². The highest BCUT2D eigenvalue weighted by atomic mass is 79.9. The van der Waals surface area contributed by atoms with Crippen LogP contribution in [0.5, 0.6) is 0 Å². The fourth-order valence-corrected chi connectivity index (χ4v) is 3.08. The molecule has 5 nitrogen and oxygen atoms in total. The van der Waals surface area contributed by atoms with Crippen LogP contribution >= 0.6 is 15.9 Å². The second-order valence-electron chi connectivity index (χ2n) is 6.13. The summed E-state index contributed by atoms with van der Waals surface area (Å²) in [5.41, 5.74) is 1.19. The molecule has 0 heterocycles. The standard InChI is InChI=1S/C17H23BrN2O3/c1-20(11-10-12-2-6-14(18)7-3-12)17(23)19-15-8-4-13(5-9-15)16(21)22/h2-3,6-7,13,15H,4-5,8-11H2,1H3,(H,19,23)(H,21,22). The molecule has 0 atom stereocenters. The van der Waals surface area contributed by atoms with Gasteiger partial charge in [-0.3, -0.25) is 4.79 Å². The first-order chi connectivity index (χ1) is 11.0. The van der Waals surface area contributed by atoms with Crippen LogP contribution in [0.1, 0.15) is 31.2 Å². The van der Waals surface area contributed by atoms with Crippen molar-refractivity contribution in [3.63, 3.8) is 0 Å². The van der Waals surface area contributed by atoms with Crippen LogP contribution in [0.3, 0.4) is 0 Å². The second kappa shape index (κ2) is 8.34. The normalized spacial score (nSPS) is 20.8. The summed E-state index contributed by atoms with van der Waals surface area (Å²) in [6.07, 6.45) is 3.57. The number of hydrogen-bond acceptors (Lipinski definition) is 2. The molecule has 0 aliphatic heterocycles. The van der Waals surface area contributed by atoms with E-state index in [1.165, 1.54) is 5.56 Å². The monoisotopic (exact) mass is 382 g/mol. The largest absolute Gasteiger partial charge is 0.481 e. The topological polar surface area (TPSA) is 69.6 Å². The predicted molar refractivity (Wildman–Crippen MR) is 92.4 cm³/mol. The van der Waals surface area contributed by atoms with Crippen molar-refractivity contribution < 1.29 is 14.7 Å². The van der Waals surface area contributed by atoms with Gasteiger partial charge >= 0.3 is 12.0 Å². The van der Waals surface area contributed by atoms with Crippen molar-refractivity contribution in [1.29, 1.82) is 0 Å². The van der Waals surface area contributed by atoms with Gasteiger partial charge in [-0.15, -0.1) is 0 Å². The summed E-state index contributed by atoms with van der Waals surface area (Å²) in [4.78, 5) is 24.8. The molecule has 6 heteroatoms. The van der Waals surface area contributed by atoms with E-state index in [9.17, 15) is 9.59 Å². The first kappa shape index (κ1) is 17.8. The van der Waals surface area contributed by atoms with E-state index in [0.29, 0.717) is 19.4 Å². The van der Waals surface area contributed by atoms with E-state index in [1.807, 2.05) is 24.3 Å². The van der Waals surface area contributed by atoms with Crippen molar-refractivity contribution >= 4 is 27.9 Å². The van der Waals surface area contributed by atoms with Crippen LogP contribution in [0.2, 0.25) is 0 Å². The SMILES string of the molecule is CN(CCc1ccc(Br)cc1)C(=O)NC1CCC(C(=O)O)CC1. The van der Waals surface area contributed by atoms with Gasteiger partial charge in [0.1, 0.15) is 0 Å². The molecular weight excluding hydrogens is 360 g/mol. The minimum atomic E-state index is -0.721. The molecule has 0 aromatic heterocycles. The van der Waals surface area contributed by atoms with Crippen molar-refractivity contribution in [2.45, 2.75) is 38.1 Å². The molecule has 1 fully saturated rings. The zero-order valence-electron chi connectivity index (χ0n) is 13.3. The van der Waals surface area contributed by atoms with Crippen molar-refractivity contribution in [2.75, 3.05) is 13.6 Å². The number of nitrogens with zero attached hydrogens (tertiary/aromatic N) is 1. The third-order valence-electron chi connectivity index (χ3n) is 4.40. The zero-order chi connectivity index (χ0) is 16.8. The molecule has 0 radical (unpaired) electrons. The van der Waals surface area contributed by atoms with Gasteiger partial charge in [-0.2, -0.15) is 0 Å². The Kier molecular flexibility index (Phi) is 6.45. The summed E-state index contributed by atoms with van der Waals surface area (Å²) in [6.45, 7) is 0.651. The van der Waals surface area contributed by atoms with Crippen LogP contribution in [0, 0.1) is 5.92 Å². The summed E-state index contributed by atoms with van der Waals surface area (Å²) in [5, 5.41) is 12.0. The molecule has 2 rings (SSSR count). The van der Waals surface area contributed by atoms with Crippen LogP contribution in [-0.2, 0) is 11.2 Å². The highest BCUT2D eigenvalue weighted by molar-refractivity contribution is 9.10. The quantitative estimate of drug-likeness (QED) is 0.820. The Hall–Kier alpha value is -1.56. The summed E-state index contributed by atoms with van der Waals surface area (Å²) < 4.78 is 1.05. The molecule has 1 aliphatic carbocycles. The van der Waals surface area contributed by atoms with E-state index in [2.05, 4.69) is 21.2 Å². The lowest BCUT2D eigenvalue weighted by Crippen LogP contribution is -2.45. The van der Waals surface area contributed by atoms with Crippen LogP contribution < -0.4 is 5.32 Å². The molecule has 23 heavy (non-hydrogen) atoms. The minimum Gasteiger partial charge on any atom is -0.481 e. The van der Waals surface area contributed by atoms with E-state index >= 15 is 0 Å². The lowest BCUT2D eigenvalue weighted by molar-refractivity contribution is -0.142. The number of rotatable bonds is 5. The number of hydrogen-bond donors (Lipinski definition) is 2. The number of aliphatic carboxylic acids is 1. The molecule has 0 saturated heterocycles. The first-order valence-electron chi connectivity index (χ1n) is 7.94. The highest BCUT2D eigenvalue weighted by Gasteiger charge is 2.27. The Morgan fingerprint density at radius 3 is 2.39 bits per heavy atom. The van der Waals surface area contributed by atoms with Gasteiger partial charge in [0.25, 0.3) is 0 Å². The van der Waals surface area contributed by atoms with Gasteiger partial charge in [-0.25, -0.2) is 4.79 Å². The number of urea groups is 1. The van der Waals surface area contributed by atoms with Crippen molar-refractivity contribution in [1.82, 2.24) is 10.2 Å². The lowest BCUT2D eigenvalue weighted by atomic mass is 9.86. The van der Waals surface area contributed by atoms with Crippen molar-refractivity contribution in [2.24, 2.45) is 5.92 Å². The van der Waals surface area contributed by atoms with Gasteiger partial charge < -0.3 is 15.3 Å². The van der Waals surface area contributed by atoms with Crippen LogP contribution in [-0.4, -0.2) is 41.6 Å².